The Bertz CT molecular complexity index is 805. The number of hydrogen-bond donors (Lipinski definition) is 2. The van der Waals surface area contributed by atoms with Crippen LogP contribution in [0.1, 0.15) is 20.8 Å². The first-order valence-electron chi connectivity index (χ1n) is 8.69. The lowest BCUT2D eigenvalue weighted by Crippen LogP contribution is -2.46. The van der Waals surface area contributed by atoms with Gasteiger partial charge in [0.15, 0.2) is 6.10 Å². The maximum atomic E-state index is 12.4. The van der Waals surface area contributed by atoms with Crippen molar-refractivity contribution in [3.8, 4) is 5.75 Å². The van der Waals surface area contributed by atoms with E-state index >= 15 is 0 Å². The predicted octanol–water partition coefficient (Wildman–Crippen LogP) is 4.10. The highest BCUT2D eigenvalue weighted by molar-refractivity contribution is 6.02. The lowest BCUT2D eigenvalue weighted by Gasteiger charge is -2.34. The lowest BCUT2D eigenvalue weighted by atomic mass is 10.1. The fraction of sp³-hybridized carbons (Fsp3) is 0.300. The summed E-state index contributed by atoms with van der Waals surface area (Å²) in [5.41, 5.74) is 2.04. The van der Waals surface area contributed by atoms with E-state index < -0.39 is 6.10 Å². The van der Waals surface area contributed by atoms with Crippen LogP contribution in [-0.4, -0.2) is 24.6 Å². The number of nitrogens with one attached hydrogen (secondary N) is 2. The summed E-state index contributed by atoms with van der Waals surface area (Å²) in [5.74, 6) is 0.885. The number of benzene rings is 2. The van der Waals surface area contributed by atoms with Crippen molar-refractivity contribution in [1.29, 1.82) is 0 Å². The number of hydrogen-bond acceptors (Lipinski definition) is 3. The molecule has 0 saturated heterocycles. The molecule has 0 saturated carbocycles. The molecular weight excluding hydrogens is 330 g/mol. The molecule has 0 spiro atoms. The maximum Gasteiger partial charge on any atom is 0.323 e. The Balaban J connectivity index is 1.76. The van der Waals surface area contributed by atoms with E-state index in [0.29, 0.717) is 29.6 Å². The summed E-state index contributed by atoms with van der Waals surface area (Å²) >= 11 is 0. The van der Waals surface area contributed by atoms with Crippen molar-refractivity contribution in [1.82, 2.24) is 0 Å². The third kappa shape index (κ3) is 3.96. The first-order valence-corrected chi connectivity index (χ1v) is 8.69. The largest absolute Gasteiger partial charge is 0.479 e. The minimum Gasteiger partial charge on any atom is -0.479 e. The number of ether oxygens (including phenoxy) is 1. The van der Waals surface area contributed by atoms with Crippen molar-refractivity contribution >= 4 is 29.0 Å². The number of urea groups is 1. The highest BCUT2D eigenvalue weighted by atomic mass is 16.5. The zero-order valence-corrected chi connectivity index (χ0v) is 15.2. The Morgan fingerprint density at radius 1 is 1.12 bits per heavy atom. The standard InChI is InChI=1S/C20H23N3O3/c1-13(2)12-23-17-10-9-16(11-18(17)26-14(3)19(23)24)22-20(25)21-15-7-5-4-6-8-15/h4-11,13-14H,12H2,1-3H3,(H2,21,22,25). The van der Waals surface area contributed by atoms with Crippen molar-refractivity contribution in [2.75, 3.05) is 22.1 Å². The van der Waals surface area contributed by atoms with Crippen molar-refractivity contribution in [2.24, 2.45) is 5.92 Å². The second-order valence-corrected chi connectivity index (χ2v) is 6.73. The van der Waals surface area contributed by atoms with Gasteiger partial charge in [0.1, 0.15) is 5.75 Å². The Labute approximate surface area is 153 Å². The van der Waals surface area contributed by atoms with Gasteiger partial charge < -0.3 is 20.3 Å². The molecule has 1 aliphatic rings. The molecule has 2 N–H and O–H groups in total. The monoisotopic (exact) mass is 353 g/mol. The molecule has 2 aromatic carbocycles. The molecule has 6 nitrogen and oxygen atoms in total. The van der Waals surface area contributed by atoms with Gasteiger partial charge in [-0.3, -0.25) is 4.79 Å². The molecule has 136 valence electrons. The van der Waals surface area contributed by atoms with Crippen LogP contribution >= 0.6 is 0 Å². The van der Waals surface area contributed by atoms with Gasteiger partial charge in [-0.2, -0.15) is 0 Å². The van der Waals surface area contributed by atoms with Gasteiger partial charge in [0.2, 0.25) is 0 Å². The minimum atomic E-state index is -0.547. The van der Waals surface area contributed by atoms with Gasteiger partial charge in [0.25, 0.3) is 5.91 Å². The number of nitrogens with zero attached hydrogens (tertiary/aromatic N) is 1. The van der Waals surface area contributed by atoms with Gasteiger partial charge in [-0.25, -0.2) is 4.79 Å². The molecule has 1 heterocycles. The first-order chi connectivity index (χ1) is 12.4. The third-order valence-corrected chi connectivity index (χ3v) is 4.01. The van der Waals surface area contributed by atoms with Crippen LogP contribution in [0.25, 0.3) is 0 Å². The van der Waals surface area contributed by atoms with Gasteiger partial charge in [0, 0.05) is 24.0 Å². The fourth-order valence-corrected chi connectivity index (χ4v) is 2.86. The molecule has 1 aliphatic heterocycles. The van der Waals surface area contributed by atoms with Crippen LogP contribution in [0.4, 0.5) is 21.9 Å². The van der Waals surface area contributed by atoms with E-state index in [1.165, 1.54) is 0 Å². The number of rotatable bonds is 4. The second kappa shape index (κ2) is 7.47. The van der Waals surface area contributed by atoms with Gasteiger partial charge in [-0.1, -0.05) is 32.0 Å². The molecule has 0 aliphatic carbocycles. The maximum absolute atomic E-state index is 12.4. The van der Waals surface area contributed by atoms with Gasteiger partial charge >= 0.3 is 6.03 Å². The number of anilines is 3. The number of amides is 3. The van der Waals surface area contributed by atoms with Crippen LogP contribution in [0, 0.1) is 5.92 Å². The SMILES string of the molecule is CC(C)CN1C(=O)C(C)Oc2cc(NC(=O)Nc3ccccc3)ccc21. The van der Waals surface area contributed by atoms with E-state index in [-0.39, 0.29) is 11.9 Å². The van der Waals surface area contributed by atoms with Crippen LogP contribution in [0.5, 0.6) is 5.75 Å². The molecule has 1 unspecified atom stereocenters. The molecule has 26 heavy (non-hydrogen) atoms. The van der Waals surface area contributed by atoms with Crippen molar-refractivity contribution < 1.29 is 14.3 Å². The van der Waals surface area contributed by atoms with E-state index in [4.69, 9.17) is 4.74 Å². The molecule has 3 amide bonds. The smallest absolute Gasteiger partial charge is 0.323 e. The Morgan fingerprint density at radius 2 is 1.81 bits per heavy atom. The highest BCUT2D eigenvalue weighted by Gasteiger charge is 2.31. The molecule has 0 radical (unpaired) electrons. The molecule has 2 aromatic rings. The Kier molecular flexibility index (Phi) is 5.11. The fourth-order valence-electron chi connectivity index (χ4n) is 2.86. The number of carbonyl (C=O) groups excluding carboxylic acids is 2. The molecule has 0 bridgehead atoms. The first kappa shape index (κ1) is 17.8. The summed E-state index contributed by atoms with van der Waals surface area (Å²) < 4.78 is 5.73. The van der Waals surface area contributed by atoms with Crippen LogP contribution < -0.4 is 20.3 Å². The Hall–Kier alpha value is -3.02. The number of fused-ring (bicyclic) bond motifs is 1. The molecule has 1 atom stereocenters. The normalized spacial score (nSPS) is 16.1. The summed E-state index contributed by atoms with van der Waals surface area (Å²) in [7, 11) is 0. The molecule has 0 aromatic heterocycles. The number of para-hydroxylation sites is 1. The van der Waals surface area contributed by atoms with Crippen molar-refractivity contribution in [3.05, 3.63) is 48.5 Å². The van der Waals surface area contributed by atoms with Gasteiger partial charge in [0.05, 0.1) is 5.69 Å². The minimum absolute atomic E-state index is 0.0475. The summed E-state index contributed by atoms with van der Waals surface area (Å²) in [6.07, 6.45) is -0.547. The van der Waals surface area contributed by atoms with E-state index in [1.54, 1.807) is 30.0 Å². The summed E-state index contributed by atoms with van der Waals surface area (Å²) in [6.45, 7) is 6.50. The second-order valence-electron chi connectivity index (χ2n) is 6.73. The summed E-state index contributed by atoms with van der Waals surface area (Å²) in [6, 6.07) is 14.2. The molecule has 3 rings (SSSR count). The molecular formula is C20H23N3O3. The quantitative estimate of drug-likeness (QED) is 0.869. The van der Waals surface area contributed by atoms with Crippen LogP contribution in [0.15, 0.2) is 48.5 Å². The van der Waals surface area contributed by atoms with Gasteiger partial charge in [-0.15, -0.1) is 0 Å². The van der Waals surface area contributed by atoms with Crippen LogP contribution in [0.2, 0.25) is 0 Å². The third-order valence-electron chi connectivity index (χ3n) is 4.01. The van der Waals surface area contributed by atoms with E-state index in [1.807, 2.05) is 30.3 Å². The number of carbonyl (C=O) groups is 2. The van der Waals surface area contributed by atoms with Crippen LogP contribution in [0.3, 0.4) is 0 Å². The Morgan fingerprint density at radius 3 is 2.50 bits per heavy atom. The average molecular weight is 353 g/mol. The molecule has 6 heteroatoms. The van der Waals surface area contributed by atoms with E-state index in [9.17, 15) is 9.59 Å². The average Bonchev–Trinajstić information content (AvgIpc) is 2.59. The van der Waals surface area contributed by atoms with E-state index in [0.717, 1.165) is 5.69 Å². The topological polar surface area (TPSA) is 70.7 Å². The van der Waals surface area contributed by atoms with Crippen LogP contribution in [-0.2, 0) is 4.79 Å². The lowest BCUT2D eigenvalue weighted by molar-refractivity contribution is -0.125. The van der Waals surface area contributed by atoms with Crippen molar-refractivity contribution in [3.63, 3.8) is 0 Å². The van der Waals surface area contributed by atoms with Gasteiger partial charge in [-0.05, 0) is 37.1 Å². The van der Waals surface area contributed by atoms with Crippen molar-refractivity contribution in [2.45, 2.75) is 26.9 Å². The molecule has 0 fully saturated rings. The highest BCUT2D eigenvalue weighted by Crippen LogP contribution is 2.36. The predicted molar refractivity (Wildman–Crippen MR) is 103 cm³/mol. The summed E-state index contributed by atoms with van der Waals surface area (Å²) in [5, 5.41) is 5.55. The van der Waals surface area contributed by atoms with E-state index in [2.05, 4.69) is 24.5 Å². The summed E-state index contributed by atoms with van der Waals surface area (Å²) in [4.78, 5) is 26.3. The zero-order chi connectivity index (χ0) is 18.7. The zero-order valence-electron chi connectivity index (χ0n) is 15.2.